The fourth-order valence-corrected chi connectivity index (χ4v) is 6.42. The molecule has 2 amide bonds. The van der Waals surface area contributed by atoms with Gasteiger partial charge in [0, 0.05) is 19.5 Å². The number of benzene rings is 4. The molecular weight excluding hydrogens is 577 g/mol. The molecule has 0 unspecified atom stereocenters. The fourth-order valence-electron chi connectivity index (χ4n) is 4.93. The highest BCUT2D eigenvalue weighted by molar-refractivity contribution is 7.92. The largest absolute Gasteiger partial charge is 0.354 e. The number of nitrogens with zero attached hydrogens (tertiary/aromatic N) is 2. The summed E-state index contributed by atoms with van der Waals surface area (Å²) in [6.45, 7) is 5.42. The van der Waals surface area contributed by atoms with E-state index in [1.165, 1.54) is 29.2 Å². The molecule has 0 bridgehead atoms. The van der Waals surface area contributed by atoms with Gasteiger partial charge in [0.2, 0.25) is 11.8 Å². The van der Waals surface area contributed by atoms with Crippen molar-refractivity contribution in [2.24, 2.45) is 0 Å². The third kappa shape index (κ3) is 8.11. The maximum absolute atomic E-state index is 14.4. The first-order valence-corrected chi connectivity index (χ1v) is 16.0. The summed E-state index contributed by atoms with van der Waals surface area (Å²) in [5.41, 5.74) is 3.32. The number of hydrogen-bond donors (Lipinski definition) is 1. The van der Waals surface area contributed by atoms with Gasteiger partial charge in [-0.15, -0.1) is 0 Å². The van der Waals surface area contributed by atoms with Gasteiger partial charge in [-0.3, -0.25) is 13.9 Å². The summed E-state index contributed by atoms with van der Waals surface area (Å²) in [6.07, 6.45) is 0.906. The van der Waals surface area contributed by atoms with E-state index in [2.05, 4.69) is 5.32 Å². The summed E-state index contributed by atoms with van der Waals surface area (Å²) in [7, 11) is -4.18. The van der Waals surface area contributed by atoms with Crippen LogP contribution in [0.4, 0.5) is 10.1 Å². The molecule has 0 fully saturated rings. The van der Waals surface area contributed by atoms with E-state index in [1.807, 2.05) is 56.3 Å². The molecule has 0 aliphatic heterocycles. The molecule has 230 valence electrons. The predicted molar refractivity (Wildman–Crippen MR) is 171 cm³/mol. The molecule has 1 N–H and O–H groups in total. The van der Waals surface area contributed by atoms with Crippen LogP contribution >= 0.6 is 0 Å². The predicted octanol–water partition coefficient (Wildman–Crippen LogP) is 5.80. The molecule has 4 rings (SSSR count). The highest BCUT2D eigenvalue weighted by atomic mass is 32.2. The van der Waals surface area contributed by atoms with E-state index in [-0.39, 0.29) is 23.8 Å². The van der Waals surface area contributed by atoms with E-state index in [0.29, 0.717) is 29.8 Å². The van der Waals surface area contributed by atoms with E-state index in [1.54, 1.807) is 43.3 Å². The lowest BCUT2D eigenvalue weighted by atomic mass is 10.0. The second kappa shape index (κ2) is 14.8. The molecule has 4 aromatic rings. The van der Waals surface area contributed by atoms with Crippen molar-refractivity contribution in [3.05, 3.63) is 131 Å². The molecule has 1 atom stereocenters. The smallest absolute Gasteiger partial charge is 0.264 e. The third-order valence-electron chi connectivity index (χ3n) is 7.33. The minimum absolute atomic E-state index is 0.0256. The first kappa shape index (κ1) is 32.4. The Kier molecular flexibility index (Phi) is 10.9. The van der Waals surface area contributed by atoms with E-state index in [4.69, 9.17) is 0 Å². The second-order valence-corrected chi connectivity index (χ2v) is 12.6. The number of aryl methyl sites for hydroxylation is 2. The topological polar surface area (TPSA) is 86.8 Å². The summed E-state index contributed by atoms with van der Waals surface area (Å²) < 4.78 is 43.2. The summed E-state index contributed by atoms with van der Waals surface area (Å²) in [5, 5.41) is 2.92. The quantitative estimate of drug-likeness (QED) is 0.206. The molecule has 0 radical (unpaired) electrons. The van der Waals surface area contributed by atoms with Gasteiger partial charge in [0.25, 0.3) is 10.0 Å². The maximum atomic E-state index is 14.4. The standard InChI is InChI=1S/C35H38FN3O4S/c1-4-21-37-35(41)33(23-28-11-7-5-8-12-28)38(24-29-17-19-30(36)20-18-29)34(40)25-39(32-22-26(2)15-16-27(32)3)44(42,43)31-13-9-6-10-14-31/h5-20,22,33H,4,21,23-25H2,1-3H3,(H,37,41)/t33-/m1/s1. The number of nitrogens with one attached hydrogen (secondary N) is 1. The number of hydrogen-bond acceptors (Lipinski definition) is 4. The molecule has 0 aliphatic rings. The highest BCUT2D eigenvalue weighted by Gasteiger charge is 2.35. The Bertz CT molecular complexity index is 1660. The Hall–Kier alpha value is -4.50. The number of carbonyl (C=O) groups excluding carboxylic acids is 2. The minimum Gasteiger partial charge on any atom is -0.354 e. The molecule has 4 aromatic carbocycles. The van der Waals surface area contributed by atoms with Crippen LogP contribution in [0.5, 0.6) is 0 Å². The number of rotatable bonds is 13. The van der Waals surface area contributed by atoms with Crippen molar-refractivity contribution in [1.82, 2.24) is 10.2 Å². The van der Waals surface area contributed by atoms with Crippen molar-refractivity contribution >= 4 is 27.5 Å². The maximum Gasteiger partial charge on any atom is 0.264 e. The highest BCUT2D eigenvalue weighted by Crippen LogP contribution is 2.29. The van der Waals surface area contributed by atoms with Crippen LogP contribution in [0.1, 0.15) is 35.6 Å². The lowest BCUT2D eigenvalue weighted by molar-refractivity contribution is -0.140. The van der Waals surface area contributed by atoms with Crippen LogP contribution in [-0.4, -0.2) is 44.3 Å². The van der Waals surface area contributed by atoms with Crippen LogP contribution in [0.3, 0.4) is 0 Å². The minimum atomic E-state index is -4.18. The van der Waals surface area contributed by atoms with Crippen molar-refractivity contribution in [2.45, 2.75) is 51.1 Å². The van der Waals surface area contributed by atoms with Crippen LogP contribution in [0.2, 0.25) is 0 Å². The van der Waals surface area contributed by atoms with Crippen molar-refractivity contribution in [3.8, 4) is 0 Å². The summed E-state index contributed by atoms with van der Waals surface area (Å²) in [4.78, 5) is 29.6. The third-order valence-corrected chi connectivity index (χ3v) is 9.10. The number of anilines is 1. The molecule has 7 nitrogen and oxygen atoms in total. The molecular formula is C35H38FN3O4S. The number of sulfonamides is 1. The van der Waals surface area contributed by atoms with Gasteiger partial charge in [0.15, 0.2) is 0 Å². The van der Waals surface area contributed by atoms with Crippen LogP contribution < -0.4 is 9.62 Å². The first-order chi connectivity index (χ1) is 21.1. The Morgan fingerprint density at radius 3 is 2.11 bits per heavy atom. The van der Waals surface area contributed by atoms with Crippen molar-refractivity contribution in [3.63, 3.8) is 0 Å². The average Bonchev–Trinajstić information content (AvgIpc) is 3.03. The number of amides is 2. The molecule has 0 aliphatic carbocycles. The van der Waals surface area contributed by atoms with Gasteiger partial charge >= 0.3 is 0 Å². The Labute approximate surface area is 259 Å². The molecule has 0 spiro atoms. The second-order valence-electron chi connectivity index (χ2n) is 10.8. The molecule has 0 aromatic heterocycles. The lowest BCUT2D eigenvalue weighted by Crippen LogP contribution is -2.53. The van der Waals surface area contributed by atoms with E-state index < -0.39 is 34.3 Å². The van der Waals surface area contributed by atoms with Crippen molar-refractivity contribution in [2.75, 3.05) is 17.4 Å². The zero-order chi connectivity index (χ0) is 31.7. The molecule has 9 heteroatoms. The SMILES string of the molecule is CCCNC(=O)[C@@H](Cc1ccccc1)N(Cc1ccc(F)cc1)C(=O)CN(c1cc(C)ccc1C)S(=O)(=O)c1ccccc1. The zero-order valence-corrected chi connectivity index (χ0v) is 26.1. The van der Waals surface area contributed by atoms with E-state index >= 15 is 0 Å². The van der Waals surface area contributed by atoms with Gasteiger partial charge in [-0.2, -0.15) is 0 Å². The summed E-state index contributed by atoms with van der Waals surface area (Å²) >= 11 is 0. The van der Waals surface area contributed by atoms with Gasteiger partial charge in [0.1, 0.15) is 18.4 Å². The van der Waals surface area contributed by atoms with Gasteiger partial charge in [0.05, 0.1) is 10.6 Å². The fraction of sp³-hybridized carbons (Fsp3) is 0.257. The summed E-state index contributed by atoms with van der Waals surface area (Å²) in [6, 6.07) is 27.5. The Balaban J connectivity index is 1.81. The van der Waals surface area contributed by atoms with Gasteiger partial charge in [-0.1, -0.05) is 79.7 Å². The Morgan fingerprint density at radius 2 is 1.48 bits per heavy atom. The van der Waals surface area contributed by atoms with Crippen LogP contribution in [-0.2, 0) is 32.6 Å². The van der Waals surface area contributed by atoms with Crippen LogP contribution in [0.25, 0.3) is 0 Å². The van der Waals surface area contributed by atoms with Crippen molar-refractivity contribution in [1.29, 1.82) is 0 Å². The summed E-state index contributed by atoms with van der Waals surface area (Å²) in [5.74, 6) is -1.35. The molecule has 0 saturated carbocycles. The van der Waals surface area contributed by atoms with Gasteiger partial charge in [-0.05, 0) is 72.9 Å². The van der Waals surface area contributed by atoms with E-state index in [9.17, 15) is 22.4 Å². The van der Waals surface area contributed by atoms with Crippen LogP contribution in [0, 0.1) is 19.7 Å². The van der Waals surface area contributed by atoms with E-state index in [0.717, 1.165) is 15.4 Å². The average molecular weight is 616 g/mol. The van der Waals surface area contributed by atoms with Crippen molar-refractivity contribution < 1.29 is 22.4 Å². The molecule has 0 heterocycles. The lowest BCUT2D eigenvalue weighted by Gasteiger charge is -2.34. The normalized spacial score (nSPS) is 11.9. The number of carbonyl (C=O) groups is 2. The Morgan fingerprint density at radius 1 is 0.841 bits per heavy atom. The van der Waals surface area contributed by atoms with Gasteiger partial charge < -0.3 is 10.2 Å². The van der Waals surface area contributed by atoms with Gasteiger partial charge in [-0.25, -0.2) is 12.8 Å². The molecule has 0 saturated heterocycles. The van der Waals surface area contributed by atoms with Crippen LogP contribution in [0.15, 0.2) is 108 Å². The number of halogens is 1. The molecule has 44 heavy (non-hydrogen) atoms. The monoisotopic (exact) mass is 615 g/mol. The zero-order valence-electron chi connectivity index (χ0n) is 25.2. The first-order valence-electron chi connectivity index (χ1n) is 14.6.